The van der Waals surface area contributed by atoms with Crippen molar-refractivity contribution in [3.05, 3.63) is 0 Å². The molecule has 0 amide bonds. The number of thioether (sulfide) groups is 1. The maximum Gasteiger partial charge on any atom is 0.414 e. The predicted molar refractivity (Wildman–Crippen MR) is 68.5 cm³/mol. The quantitative estimate of drug-likeness (QED) is 0.581. The van der Waals surface area contributed by atoms with Gasteiger partial charge in [-0.2, -0.15) is 13.2 Å². The minimum Gasteiger partial charge on any atom is -0.390 e. The number of amidine groups is 1. The Hall–Kier alpha value is -0.510. The second-order valence-electron chi connectivity index (χ2n) is 4.98. The van der Waals surface area contributed by atoms with Crippen molar-refractivity contribution in [1.82, 2.24) is 5.32 Å². The Morgan fingerprint density at radius 2 is 2.05 bits per heavy atom. The van der Waals surface area contributed by atoms with E-state index in [1.165, 1.54) is 11.8 Å². The third kappa shape index (κ3) is 2.90. The monoisotopic (exact) mass is 314 g/mol. The topological polar surface area (TPSA) is 85.1 Å². The van der Waals surface area contributed by atoms with E-state index in [-0.39, 0.29) is 11.7 Å². The molecule has 9 heteroatoms. The molecule has 0 aromatic heterocycles. The molecule has 1 aliphatic heterocycles. The zero-order valence-corrected chi connectivity index (χ0v) is 11.5. The van der Waals surface area contributed by atoms with E-state index < -0.39 is 36.4 Å². The van der Waals surface area contributed by atoms with Gasteiger partial charge in [-0.1, -0.05) is 11.8 Å². The van der Waals surface area contributed by atoms with Crippen LogP contribution in [0.2, 0.25) is 0 Å². The molecule has 0 saturated heterocycles. The summed E-state index contributed by atoms with van der Waals surface area (Å²) in [6.45, 7) is 2.46. The Morgan fingerprint density at radius 1 is 1.40 bits per heavy atom. The van der Waals surface area contributed by atoms with Gasteiger partial charge in [0, 0.05) is 17.7 Å². The first kappa shape index (κ1) is 15.9. The summed E-state index contributed by atoms with van der Waals surface area (Å²) in [4.78, 5) is 4.18. The molecule has 2 rings (SSSR count). The fourth-order valence-electron chi connectivity index (χ4n) is 2.61. The number of fused-ring (bicyclic) bond motifs is 1. The van der Waals surface area contributed by atoms with Crippen molar-refractivity contribution in [2.24, 2.45) is 10.9 Å². The second-order valence-corrected chi connectivity index (χ2v) is 6.21. The van der Waals surface area contributed by atoms with Crippen LogP contribution in [0, 0.1) is 5.92 Å². The predicted octanol–water partition coefficient (Wildman–Crippen LogP) is 0.101. The molecule has 0 aromatic carbocycles. The number of aliphatic hydroxyl groups excluding tert-OH is 3. The molecule has 6 atom stereocenters. The van der Waals surface area contributed by atoms with Crippen molar-refractivity contribution in [1.29, 1.82) is 0 Å². The number of rotatable bonds is 2. The van der Waals surface area contributed by atoms with E-state index >= 15 is 0 Å². The van der Waals surface area contributed by atoms with Crippen LogP contribution in [0.4, 0.5) is 13.2 Å². The van der Waals surface area contributed by atoms with E-state index in [1.807, 2.05) is 6.92 Å². The van der Waals surface area contributed by atoms with Gasteiger partial charge >= 0.3 is 6.18 Å². The van der Waals surface area contributed by atoms with Crippen LogP contribution in [0.25, 0.3) is 0 Å². The molecular weight excluding hydrogens is 297 g/mol. The van der Waals surface area contributed by atoms with Gasteiger partial charge in [0.2, 0.25) is 0 Å². The van der Waals surface area contributed by atoms with Crippen LogP contribution in [0.5, 0.6) is 0 Å². The number of alkyl halides is 3. The summed E-state index contributed by atoms with van der Waals surface area (Å²) < 4.78 is 37.8. The Balaban J connectivity index is 2.13. The third-order valence-corrected chi connectivity index (χ3v) is 4.87. The first-order valence-corrected chi connectivity index (χ1v) is 7.23. The molecule has 0 bridgehead atoms. The van der Waals surface area contributed by atoms with E-state index in [0.717, 1.165) is 0 Å². The number of hydrogen-bond acceptors (Lipinski definition) is 6. The maximum absolute atomic E-state index is 12.6. The van der Waals surface area contributed by atoms with Crippen LogP contribution < -0.4 is 5.32 Å². The fraction of sp³-hybridized carbons (Fsp3) is 0.909. The van der Waals surface area contributed by atoms with E-state index in [2.05, 4.69) is 10.3 Å². The molecule has 1 saturated carbocycles. The second kappa shape index (κ2) is 5.70. The van der Waals surface area contributed by atoms with Crippen LogP contribution in [0.15, 0.2) is 4.99 Å². The lowest BCUT2D eigenvalue weighted by Gasteiger charge is -2.40. The van der Waals surface area contributed by atoms with E-state index in [4.69, 9.17) is 0 Å². The SMILES string of the molecule is CCNC1=NC2C(O)C(O)C(C(O)C(F)(F)F)C[C@@H]2S1. The lowest BCUT2D eigenvalue weighted by Crippen LogP contribution is -2.56. The Labute approximate surface area is 118 Å². The molecule has 1 heterocycles. The smallest absolute Gasteiger partial charge is 0.390 e. The van der Waals surface area contributed by atoms with Gasteiger partial charge in [0.15, 0.2) is 11.3 Å². The third-order valence-electron chi connectivity index (χ3n) is 3.62. The summed E-state index contributed by atoms with van der Waals surface area (Å²) in [6.07, 6.45) is -10.5. The minimum absolute atomic E-state index is 0.0490. The number of hydrogen-bond donors (Lipinski definition) is 4. The highest BCUT2D eigenvalue weighted by atomic mass is 32.2. The van der Waals surface area contributed by atoms with Crippen molar-refractivity contribution < 1.29 is 28.5 Å². The van der Waals surface area contributed by atoms with Gasteiger partial charge in [0.25, 0.3) is 0 Å². The number of aliphatic imine (C=N–C) groups is 1. The first-order chi connectivity index (χ1) is 9.25. The van der Waals surface area contributed by atoms with Gasteiger partial charge in [0.05, 0.1) is 12.1 Å². The first-order valence-electron chi connectivity index (χ1n) is 6.35. The standard InChI is InChI=1S/C11H17F3N2O3S/c1-2-15-10-16-6-5(20-10)3-4(7(17)8(6)18)9(19)11(12,13)14/h4-9,17-19H,2-3H2,1H3,(H,15,16)/t4?,5-,6?,7?,8?,9?/m0/s1. The van der Waals surface area contributed by atoms with Crippen molar-refractivity contribution in [2.45, 2.75) is 49.1 Å². The van der Waals surface area contributed by atoms with Crippen LogP contribution in [0.3, 0.4) is 0 Å². The number of nitrogens with one attached hydrogen (secondary N) is 1. The largest absolute Gasteiger partial charge is 0.414 e. The van der Waals surface area contributed by atoms with E-state index in [1.54, 1.807) is 0 Å². The Bertz CT molecular complexity index is 394. The van der Waals surface area contributed by atoms with Crippen molar-refractivity contribution in [3.63, 3.8) is 0 Å². The minimum atomic E-state index is -4.81. The summed E-state index contributed by atoms with van der Waals surface area (Å²) in [7, 11) is 0. The molecule has 0 aromatic rings. The van der Waals surface area contributed by atoms with E-state index in [9.17, 15) is 28.5 Å². The maximum atomic E-state index is 12.6. The van der Waals surface area contributed by atoms with Gasteiger partial charge in [0.1, 0.15) is 6.10 Å². The molecule has 20 heavy (non-hydrogen) atoms. The van der Waals surface area contributed by atoms with Gasteiger partial charge in [-0.15, -0.1) is 0 Å². The molecule has 116 valence electrons. The number of aliphatic hydroxyl groups is 3. The Morgan fingerprint density at radius 3 is 2.60 bits per heavy atom. The average Bonchev–Trinajstić information content (AvgIpc) is 2.75. The molecule has 1 aliphatic carbocycles. The summed E-state index contributed by atoms with van der Waals surface area (Å²) in [5, 5.41) is 32.2. The molecule has 5 unspecified atom stereocenters. The zero-order chi connectivity index (χ0) is 15.1. The zero-order valence-electron chi connectivity index (χ0n) is 10.7. The molecule has 4 N–H and O–H groups in total. The molecule has 2 aliphatic rings. The van der Waals surface area contributed by atoms with Crippen LogP contribution in [-0.2, 0) is 0 Å². The average molecular weight is 314 g/mol. The Kier molecular flexibility index (Phi) is 4.53. The lowest BCUT2D eigenvalue weighted by molar-refractivity contribution is -0.238. The highest BCUT2D eigenvalue weighted by Gasteiger charge is 2.54. The normalized spacial score (nSPS) is 39.1. The number of nitrogens with zero attached hydrogens (tertiary/aromatic N) is 1. The highest BCUT2D eigenvalue weighted by molar-refractivity contribution is 8.14. The van der Waals surface area contributed by atoms with Gasteiger partial charge < -0.3 is 20.6 Å². The summed E-state index contributed by atoms with van der Waals surface area (Å²) in [5.74, 6) is -1.44. The van der Waals surface area contributed by atoms with Crippen LogP contribution in [0.1, 0.15) is 13.3 Å². The van der Waals surface area contributed by atoms with Gasteiger partial charge in [-0.3, -0.25) is 4.99 Å². The molecule has 0 radical (unpaired) electrons. The summed E-state index contributed by atoms with van der Waals surface area (Å²) in [6, 6.07) is -0.638. The molecule has 0 spiro atoms. The van der Waals surface area contributed by atoms with Gasteiger partial charge in [-0.05, 0) is 13.3 Å². The van der Waals surface area contributed by atoms with Crippen molar-refractivity contribution in [2.75, 3.05) is 6.54 Å². The van der Waals surface area contributed by atoms with Crippen LogP contribution >= 0.6 is 11.8 Å². The molecule has 5 nitrogen and oxygen atoms in total. The molecular formula is C11H17F3N2O3S. The van der Waals surface area contributed by atoms with Crippen molar-refractivity contribution >= 4 is 16.9 Å². The summed E-state index contributed by atoms with van der Waals surface area (Å²) >= 11 is 1.25. The van der Waals surface area contributed by atoms with Crippen molar-refractivity contribution in [3.8, 4) is 0 Å². The highest BCUT2D eigenvalue weighted by Crippen LogP contribution is 2.43. The van der Waals surface area contributed by atoms with E-state index in [0.29, 0.717) is 11.7 Å². The fourth-order valence-corrected chi connectivity index (χ4v) is 3.98. The van der Waals surface area contributed by atoms with Gasteiger partial charge in [-0.25, -0.2) is 0 Å². The summed E-state index contributed by atoms with van der Waals surface area (Å²) in [5.41, 5.74) is 0. The lowest BCUT2D eigenvalue weighted by atomic mass is 9.78. The molecule has 1 fully saturated rings. The van der Waals surface area contributed by atoms with Crippen LogP contribution in [-0.4, -0.2) is 62.8 Å². The number of halogens is 3.